The normalized spacial score (nSPS) is 18.5. The number of hydrogen-bond acceptors (Lipinski definition) is 2. The lowest BCUT2D eigenvalue weighted by molar-refractivity contribution is 0.657. The Kier molecular flexibility index (Phi) is 2.43. The lowest BCUT2D eigenvalue weighted by Crippen LogP contribution is -2.18. The van der Waals surface area contributed by atoms with E-state index in [2.05, 4.69) is 0 Å². The molecular weight excluding hydrogens is 124 g/mol. The van der Waals surface area contributed by atoms with Crippen molar-refractivity contribution in [2.45, 2.75) is 13.8 Å². The number of nitrogens with one attached hydrogen (secondary N) is 1. The molecule has 0 aromatic rings. The second-order valence-corrected chi connectivity index (χ2v) is 4.07. The second kappa shape index (κ2) is 2.46. The molecule has 0 aliphatic rings. The summed E-state index contributed by atoms with van der Waals surface area (Å²) < 4.78 is 17.2. The van der Waals surface area contributed by atoms with Crippen molar-refractivity contribution in [3.63, 3.8) is 0 Å². The Bertz CT molecular complexity index is 147. The molecule has 0 aromatic heterocycles. The molecule has 0 aromatic carbocycles. The number of nitrogens with two attached hydrogens (primary N) is 1. The summed E-state index contributed by atoms with van der Waals surface area (Å²) >= 11 is 0. The summed E-state index contributed by atoms with van der Waals surface area (Å²) in [6.45, 7) is 3.78. The van der Waals surface area contributed by atoms with Crippen LogP contribution >= 0.6 is 0 Å². The molecule has 0 amide bonds. The summed E-state index contributed by atoms with van der Waals surface area (Å²) in [7, 11) is -2.72. The monoisotopic (exact) mass is 136 g/mol. The molecule has 0 bridgehead atoms. The van der Waals surface area contributed by atoms with E-state index in [-0.39, 0.29) is 5.92 Å². The van der Waals surface area contributed by atoms with Crippen molar-refractivity contribution in [1.82, 2.24) is 0 Å². The first kappa shape index (κ1) is 7.91. The smallest absolute Gasteiger partial charge is 0.102 e. The fourth-order valence-electron chi connectivity index (χ4n) is 0.495. The maximum absolute atomic E-state index is 10.4. The highest BCUT2D eigenvalue weighted by Crippen LogP contribution is 1.94. The highest BCUT2D eigenvalue weighted by atomic mass is 32.2. The molecule has 50 valence electrons. The van der Waals surface area contributed by atoms with Gasteiger partial charge in [0.2, 0.25) is 0 Å². The van der Waals surface area contributed by atoms with Gasteiger partial charge in [-0.25, -0.2) is 14.1 Å². The number of rotatable bonds is 2. The summed E-state index contributed by atoms with van der Waals surface area (Å²) in [6, 6.07) is 0. The van der Waals surface area contributed by atoms with Gasteiger partial charge >= 0.3 is 0 Å². The Balaban J connectivity index is 3.75. The predicted molar refractivity (Wildman–Crippen MR) is 34.8 cm³/mol. The minimum atomic E-state index is -2.72. The molecular formula is C4H12N2OS. The van der Waals surface area contributed by atoms with Gasteiger partial charge in [-0.3, -0.25) is 0 Å². The lowest BCUT2D eigenvalue weighted by atomic mass is 10.3. The third kappa shape index (κ3) is 5.91. The van der Waals surface area contributed by atoms with E-state index < -0.39 is 9.92 Å². The largest absolute Gasteiger partial charge is 0.245 e. The fourth-order valence-corrected chi connectivity index (χ4v) is 1.49. The Hall–Kier alpha value is -0.0900. The standard InChI is InChI=1S/C4H12N2OS/c1-4(2)3-8(5,6)7/h4H,3H2,1-2H3,(H3,5,6,7). The van der Waals surface area contributed by atoms with Crippen LogP contribution in [0.1, 0.15) is 13.8 Å². The molecule has 0 heterocycles. The van der Waals surface area contributed by atoms with Gasteiger partial charge in [0.15, 0.2) is 0 Å². The van der Waals surface area contributed by atoms with Gasteiger partial charge in [-0.15, -0.1) is 0 Å². The van der Waals surface area contributed by atoms with E-state index in [0.29, 0.717) is 5.75 Å². The Morgan fingerprint density at radius 1 is 1.75 bits per heavy atom. The summed E-state index contributed by atoms with van der Waals surface area (Å²) in [5.74, 6) is 0.553. The van der Waals surface area contributed by atoms with Crippen molar-refractivity contribution < 1.29 is 4.21 Å². The average molecular weight is 136 g/mol. The molecule has 0 rings (SSSR count). The van der Waals surface area contributed by atoms with Crippen LogP contribution in [0.2, 0.25) is 0 Å². The van der Waals surface area contributed by atoms with Crippen LogP contribution in [0.25, 0.3) is 0 Å². The zero-order chi connectivity index (χ0) is 6.78. The van der Waals surface area contributed by atoms with Gasteiger partial charge in [-0.2, -0.15) is 0 Å². The van der Waals surface area contributed by atoms with E-state index in [0.717, 1.165) is 0 Å². The summed E-state index contributed by atoms with van der Waals surface area (Å²) in [5, 5.41) is 4.93. The van der Waals surface area contributed by atoms with Gasteiger partial charge in [-0.1, -0.05) is 13.8 Å². The van der Waals surface area contributed by atoms with Gasteiger partial charge in [0, 0.05) is 5.75 Å². The Morgan fingerprint density at radius 3 is 2.12 bits per heavy atom. The first-order valence-electron chi connectivity index (χ1n) is 2.46. The van der Waals surface area contributed by atoms with E-state index in [1.807, 2.05) is 13.8 Å². The molecule has 0 spiro atoms. The molecule has 0 saturated carbocycles. The van der Waals surface area contributed by atoms with E-state index >= 15 is 0 Å². The molecule has 0 fully saturated rings. The van der Waals surface area contributed by atoms with E-state index in [1.54, 1.807) is 0 Å². The fraction of sp³-hybridized carbons (Fsp3) is 1.00. The van der Waals surface area contributed by atoms with Crippen LogP contribution in [-0.4, -0.2) is 9.96 Å². The van der Waals surface area contributed by atoms with Crippen molar-refractivity contribution >= 4 is 9.92 Å². The van der Waals surface area contributed by atoms with Gasteiger partial charge in [0.1, 0.15) is 9.92 Å². The van der Waals surface area contributed by atoms with E-state index in [1.165, 1.54) is 0 Å². The molecule has 1 unspecified atom stereocenters. The maximum Gasteiger partial charge on any atom is 0.102 e. The highest BCUT2D eigenvalue weighted by molar-refractivity contribution is 7.90. The quantitative estimate of drug-likeness (QED) is 0.572. The third-order valence-corrected chi connectivity index (χ3v) is 1.74. The Labute approximate surface area is 50.4 Å². The SMILES string of the molecule is CC(C)CS(=N)(N)=O. The molecule has 0 aliphatic heterocycles. The lowest BCUT2D eigenvalue weighted by Gasteiger charge is -2.01. The predicted octanol–water partition coefficient (Wildman–Crippen LogP) is 0.563. The molecule has 3 N–H and O–H groups in total. The van der Waals surface area contributed by atoms with E-state index in [9.17, 15) is 4.21 Å². The Morgan fingerprint density at radius 2 is 2.12 bits per heavy atom. The van der Waals surface area contributed by atoms with E-state index in [4.69, 9.17) is 9.92 Å². The first-order chi connectivity index (χ1) is 3.42. The second-order valence-electron chi connectivity index (χ2n) is 2.29. The summed E-state index contributed by atoms with van der Waals surface area (Å²) in [4.78, 5) is 0. The first-order valence-corrected chi connectivity index (χ1v) is 4.25. The van der Waals surface area contributed by atoms with Gasteiger partial charge in [-0.05, 0) is 5.92 Å². The molecule has 4 heteroatoms. The van der Waals surface area contributed by atoms with Crippen LogP contribution in [0.4, 0.5) is 0 Å². The molecule has 0 saturated heterocycles. The molecule has 0 radical (unpaired) electrons. The van der Waals surface area contributed by atoms with Crippen LogP contribution in [-0.2, 0) is 9.92 Å². The topological polar surface area (TPSA) is 66.9 Å². The van der Waals surface area contributed by atoms with Crippen LogP contribution < -0.4 is 5.14 Å². The van der Waals surface area contributed by atoms with Crippen molar-refractivity contribution in [3.05, 3.63) is 0 Å². The zero-order valence-electron chi connectivity index (χ0n) is 5.18. The maximum atomic E-state index is 10.4. The van der Waals surface area contributed by atoms with Crippen LogP contribution in [0.15, 0.2) is 0 Å². The van der Waals surface area contributed by atoms with Crippen molar-refractivity contribution in [3.8, 4) is 0 Å². The summed E-state index contributed by atoms with van der Waals surface area (Å²) in [5.41, 5.74) is 0. The average Bonchev–Trinajstić information content (AvgIpc) is 1.21. The van der Waals surface area contributed by atoms with Crippen molar-refractivity contribution in [2.75, 3.05) is 5.75 Å². The minimum Gasteiger partial charge on any atom is -0.245 e. The van der Waals surface area contributed by atoms with Gasteiger partial charge in [0.05, 0.1) is 0 Å². The molecule has 0 aliphatic carbocycles. The molecule has 8 heavy (non-hydrogen) atoms. The van der Waals surface area contributed by atoms with Crippen LogP contribution in [0.3, 0.4) is 0 Å². The van der Waals surface area contributed by atoms with Crippen molar-refractivity contribution in [2.24, 2.45) is 11.1 Å². The third-order valence-electron chi connectivity index (χ3n) is 0.581. The highest BCUT2D eigenvalue weighted by Gasteiger charge is 2.00. The van der Waals surface area contributed by atoms with Gasteiger partial charge in [0.25, 0.3) is 0 Å². The van der Waals surface area contributed by atoms with Crippen LogP contribution in [0.5, 0.6) is 0 Å². The zero-order valence-corrected chi connectivity index (χ0v) is 5.99. The van der Waals surface area contributed by atoms with Gasteiger partial charge < -0.3 is 0 Å². The van der Waals surface area contributed by atoms with Crippen LogP contribution in [0, 0.1) is 10.7 Å². The number of hydrogen-bond donors (Lipinski definition) is 2. The minimum absolute atomic E-state index is 0.255. The molecule has 1 atom stereocenters. The van der Waals surface area contributed by atoms with Crippen molar-refractivity contribution in [1.29, 1.82) is 4.78 Å². The summed E-state index contributed by atoms with van der Waals surface area (Å²) in [6.07, 6.45) is 0. The molecule has 3 nitrogen and oxygen atoms in total.